The van der Waals surface area contributed by atoms with Crippen LogP contribution in [-0.2, 0) is 13.0 Å². The highest BCUT2D eigenvalue weighted by atomic mass is 16.2. The van der Waals surface area contributed by atoms with Crippen molar-refractivity contribution in [2.45, 2.75) is 19.9 Å². The molecule has 0 radical (unpaired) electrons. The fourth-order valence-corrected chi connectivity index (χ4v) is 3.14. The minimum atomic E-state index is -0.0612. The second-order valence-corrected chi connectivity index (χ2v) is 6.50. The van der Waals surface area contributed by atoms with Crippen LogP contribution in [0.25, 0.3) is 0 Å². The molecule has 1 aliphatic rings. The second-order valence-electron chi connectivity index (χ2n) is 6.50. The minimum Gasteiger partial charge on any atom is -0.333 e. The summed E-state index contributed by atoms with van der Waals surface area (Å²) in [5.41, 5.74) is 5.02. The molecule has 3 aromatic rings. The van der Waals surface area contributed by atoms with Crippen LogP contribution in [0, 0.1) is 6.92 Å². The highest BCUT2D eigenvalue weighted by Crippen LogP contribution is 2.20. The third kappa shape index (κ3) is 3.42. The first kappa shape index (κ1) is 16.3. The van der Waals surface area contributed by atoms with E-state index in [4.69, 9.17) is 0 Å². The van der Waals surface area contributed by atoms with E-state index < -0.39 is 0 Å². The van der Waals surface area contributed by atoms with Crippen molar-refractivity contribution in [3.8, 4) is 0 Å². The average molecular weight is 344 g/mol. The van der Waals surface area contributed by atoms with Gasteiger partial charge in [-0.05, 0) is 42.7 Å². The summed E-state index contributed by atoms with van der Waals surface area (Å²) in [6, 6.07) is 17.9. The van der Waals surface area contributed by atoms with Crippen molar-refractivity contribution in [2.75, 3.05) is 11.9 Å². The molecule has 0 saturated heterocycles. The molecule has 5 heteroatoms. The third-order valence-electron chi connectivity index (χ3n) is 4.60. The Bertz CT molecular complexity index is 937. The predicted octanol–water partition coefficient (Wildman–Crippen LogP) is 3.73. The molecule has 2 aromatic carbocycles. The van der Waals surface area contributed by atoms with Gasteiger partial charge in [0.05, 0.1) is 0 Å². The van der Waals surface area contributed by atoms with E-state index in [1.165, 1.54) is 16.7 Å². The number of rotatable bonds is 3. The lowest BCUT2D eigenvalue weighted by Gasteiger charge is -2.28. The molecule has 0 spiro atoms. The van der Waals surface area contributed by atoms with Gasteiger partial charge in [-0.2, -0.15) is 0 Å². The van der Waals surface area contributed by atoms with Gasteiger partial charge in [0.2, 0.25) is 5.95 Å². The van der Waals surface area contributed by atoms with Crippen molar-refractivity contribution in [2.24, 2.45) is 0 Å². The average Bonchev–Trinajstić information content (AvgIpc) is 2.69. The first-order chi connectivity index (χ1) is 12.7. The quantitative estimate of drug-likeness (QED) is 0.786. The summed E-state index contributed by atoms with van der Waals surface area (Å²) in [5, 5.41) is 3.15. The van der Waals surface area contributed by atoms with Gasteiger partial charge in [-0.1, -0.05) is 42.0 Å². The number of amides is 1. The minimum absolute atomic E-state index is 0.0612. The van der Waals surface area contributed by atoms with Gasteiger partial charge in [0.25, 0.3) is 5.91 Å². The lowest BCUT2D eigenvalue weighted by atomic mass is 10.00. The van der Waals surface area contributed by atoms with Crippen molar-refractivity contribution >= 4 is 17.5 Å². The number of fused-ring (bicyclic) bond motifs is 1. The Morgan fingerprint density at radius 2 is 1.81 bits per heavy atom. The van der Waals surface area contributed by atoms with Gasteiger partial charge < -0.3 is 10.2 Å². The molecular formula is C21H20N4O. The smallest absolute Gasteiger partial charge is 0.272 e. The summed E-state index contributed by atoms with van der Waals surface area (Å²) in [7, 11) is 0. The normalized spacial score (nSPS) is 13.2. The Morgan fingerprint density at radius 3 is 2.62 bits per heavy atom. The molecule has 1 amide bonds. The van der Waals surface area contributed by atoms with Gasteiger partial charge in [0, 0.05) is 25.0 Å². The van der Waals surface area contributed by atoms with E-state index in [9.17, 15) is 4.79 Å². The fourth-order valence-electron chi connectivity index (χ4n) is 3.14. The maximum atomic E-state index is 12.9. The van der Waals surface area contributed by atoms with E-state index in [2.05, 4.69) is 27.4 Å². The van der Waals surface area contributed by atoms with Crippen LogP contribution in [-0.4, -0.2) is 27.3 Å². The zero-order valence-electron chi connectivity index (χ0n) is 14.6. The van der Waals surface area contributed by atoms with Gasteiger partial charge in [-0.3, -0.25) is 4.79 Å². The number of aryl methyl sites for hydroxylation is 1. The molecule has 0 aliphatic carbocycles. The maximum Gasteiger partial charge on any atom is 0.272 e. The number of hydrogen-bond acceptors (Lipinski definition) is 4. The maximum absolute atomic E-state index is 12.9. The molecule has 1 aromatic heterocycles. The Hall–Kier alpha value is -3.21. The van der Waals surface area contributed by atoms with E-state index in [0.29, 0.717) is 24.7 Å². The Labute approximate surface area is 152 Å². The standard InChI is InChI=1S/C21H20N4O/c1-15-6-8-18(9-7-15)23-21-22-12-10-19(24-21)20(26)25-13-11-16-4-2-3-5-17(16)14-25/h2-10,12H,11,13-14H2,1H3,(H,22,23,24). The van der Waals surface area contributed by atoms with E-state index in [1.807, 2.05) is 48.2 Å². The fraction of sp³-hybridized carbons (Fsp3) is 0.190. The largest absolute Gasteiger partial charge is 0.333 e. The Morgan fingerprint density at radius 1 is 1.04 bits per heavy atom. The third-order valence-corrected chi connectivity index (χ3v) is 4.60. The van der Waals surface area contributed by atoms with Crippen LogP contribution in [0.3, 0.4) is 0 Å². The van der Waals surface area contributed by atoms with Crippen LogP contribution >= 0.6 is 0 Å². The topological polar surface area (TPSA) is 58.1 Å². The number of hydrogen-bond donors (Lipinski definition) is 1. The van der Waals surface area contributed by atoms with Crippen molar-refractivity contribution < 1.29 is 4.79 Å². The van der Waals surface area contributed by atoms with E-state index in [0.717, 1.165) is 12.1 Å². The molecule has 1 N–H and O–H groups in total. The van der Waals surface area contributed by atoms with Crippen LogP contribution < -0.4 is 5.32 Å². The molecule has 5 nitrogen and oxygen atoms in total. The molecule has 2 heterocycles. The zero-order chi connectivity index (χ0) is 17.9. The number of carbonyl (C=O) groups excluding carboxylic acids is 1. The molecule has 0 saturated carbocycles. The summed E-state index contributed by atoms with van der Waals surface area (Å²) in [5.74, 6) is 0.367. The Balaban J connectivity index is 1.51. The first-order valence-electron chi connectivity index (χ1n) is 8.72. The molecule has 26 heavy (non-hydrogen) atoms. The van der Waals surface area contributed by atoms with Gasteiger partial charge >= 0.3 is 0 Å². The van der Waals surface area contributed by atoms with Crippen LogP contribution in [0.5, 0.6) is 0 Å². The first-order valence-corrected chi connectivity index (χ1v) is 8.72. The number of aromatic nitrogens is 2. The Kier molecular flexibility index (Phi) is 4.35. The predicted molar refractivity (Wildman–Crippen MR) is 101 cm³/mol. The number of nitrogens with zero attached hydrogens (tertiary/aromatic N) is 3. The molecule has 0 unspecified atom stereocenters. The second kappa shape index (κ2) is 6.96. The van der Waals surface area contributed by atoms with Gasteiger partial charge in [0.1, 0.15) is 5.69 Å². The molecular weight excluding hydrogens is 324 g/mol. The summed E-state index contributed by atoms with van der Waals surface area (Å²) < 4.78 is 0. The monoisotopic (exact) mass is 344 g/mol. The van der Waals surface area contributed by atoms with E-state index >= 15 is 0 Å². The molecule has 0 atom stereocenters. The molecule has 0 bridgehead atoms. The van der Waals surface area contributed by atoms with Gasteiger partial charge in [0.15, 0.2) is 0 Å². The number of benzene rings is 2. The van der Waals surface area contributed by atoms with Gasteiger partial charge in [-0.25, -0.2) is 9.97 Å². The summed E-state index contributed by atoms with van der Waals surface area (Å²) >= 11 is 0. The molecule has 1 aliphatic heterocycles. The van der Waals surface area contributed by atoms with Crippen molar-refractivity contribution in [1.82, 2.24) is 14.9 Å². The SMILES string of the molecule is Cc1ccc(Nc2nccc(C(=O)N3CCc4ccccc4C3)n2)cc1. The number of anilines is 2. The zero-order valence-corrected chi connectivity index (χ0v) is 14.6. The lowest BCUT2D eigenvalue weighted by molar-refractivity contribution is 0.0728. The highest BCUT2D eigenvalue weighted by molar-refractivity contribution is 5.92. The number of nitrogens with one attached hydrogen (secondary N) is 1. The molecule has 0 fully saturated rings. The van der Waals surface area contributed by atoms with Crippen molar-refractivity contribution in [3.05, 3.63) is 83.2 Å². The van der Waals surface area contributed by atoms with E-state index in [1.54, 1.807) is 12.3 Å². The van der Waals surface area contributed by atoms with Gasteiger partial charge in [-0.15, -0.1) is 0 Å². The molecule has 130 valence electrons. The summed E-state index contributed by atoms with van der Waals surface area (Å²) in [6.07, 6.45) is 2.50. The number of carbonyl (C=O) groups is 1. The van der Waals surface area contributed by atoms with Crippen molar-refractivity contribution in [3.63, 3.8) is 0 Å². The molecule has 4 rings (SSSR count). The van der Waals surface area contributed by atoms with Crippen molar-refractivity contribution in [1.29, 1.82) is 0 Å². The lowest BCUT2D eigenvalue weighted by Crippen LogP contribution is -2.36. The van der Waals surface area contributed by atoms with Crippen LogP contribution in [0.2, 0.25) is 0 Å². The van der Waals surface area contributed by atoms with E-state index in [-0.39, 0.29) is 5.91 Å². The van der Waals surface area contributed by atoms with Crippen LogP contribution in [0.4, 0.5) is 11.6 Å². The van der Waals surface area contributed by atoms with Crippen LogP contribution in [0.1, 0.15) is 27.2 Å². The van der Waals surface area contributed by atoms with Crippen LogP contribution in [0.15, 0.2) is 60.8 Å². The summed E-state index contributed by atoms with van der Waals surface area (Å²) in [6.45, 7) is 3.37. The summed E-state index contributed by atoms with van der Waals surface area (Å²) in [4.78, 5) is 23.4. The highest BCUT2D eigenvalue weighted by Gasteiger charge is 2.22.